The van der Waals surface area contributed by atoms with Crippen LogP contribution in [-0.4, -0.2) is 20.1 Å². The Morgan fingerprint density at radius 3 is 2.39 bits per heavy atom. The van der Waals surface area contributed by atoms with E-state index in [1.165, 1.54) is 32.4 Å². The minimum atomic E-state index is -0.965. The van der Waals surface area contributed by atoms with Gasteiger partial charge >= 0.3 is 0 Å². The SMILES string of the molecule is COc1ccc(NC(=O)C=Cc2ccc(F)c(F)c2)cc1OC. The van der Waals surface area contributed by atoms with Crippen LogP contribution in [0.25, 0.3) is 6.08 Å². The van der Waals surface area contributed by atoms with Gasteiger partial charge in [-0.25, -0.2) is 8.78 Å². The van der Waals surface area contributed by atoms with Crippen LogP contribution in [0, 0.1) is 11.6 Å². The van der Waals surface area contributed by atoms with E-state index in [-0.39, 0.29) is 0 Å². The molecule has 120 valence electrons. The first kappa shape index (κ1) is 16.5. The van der Waals surface area contributed by atoms with Crippen LogP contribution in [0.1, 0.15) is 5.56 Å². The number of benzene rings is 2. The van der Waals surface area contributed by atoms with E-state index in [1.54, 1.807) is 18.2 Å². The number of ether oxygens (including phenoxy) is 2. The highest BCUT2D eigenvalue weighted by Gasteiger charge is 2.06. The van der Waals surface area contributed by atoms with Gasteiger partial charge in [0.2, 0.25) is 5.91 Å². The fourth-order valence-corrected chi connectivity index (χ4v) is 1.89. The molecule has 0 aromatic heterocycles. The van der Waals surface area contributed by atoms with Crippen molar-refractivity contribution >= 4 is 17.7 Å². The number of hydrogen-bond donors (Lipinski definition) is 1. The van der Waals surface area contributed by atoms with Crippen LogP contribution >= 0.6 is 0 Å². The standard InChI is InChI=1S/C17H15F2NO3/c1-22-15-7-5-12(10-16(15)23-2)20-17(21)8-4-11-3-6-13(18)14(19)9-11/h3-10H,1-2H3,(H,20,21). The molecular formula is C17H15F2NO3. The summed E-state index contributed by atoms with van der Waals surface area (Å²) in [5, 5.41) is 2.64. The second-order valence-electron chi connectivity index (χ2n) is 4.57. The molecule has 0 aliphatic rings. The number of nitrogens with one attached hydrogen (secondary N) is 1. The lowest BCUT2D eigenvalue weighted by Gasteiger charge is -2.09. The lowest BCUT2D eigenvalue weighted by atomic mass is 10.2. The zero-order valence-electron chi connectivity index (χ0n) is 12.6. The molecule has 0 fully saturated rings. The van der Waals surface area contributed by atoms with E-state index in [1.807, 2.05) is 0 Å². The van der Waals surface area contributed by atoms with Gasteiger partial charge in [0.15, 0.2) is 23.1 Å². The average molecular weight is 319 g/mol. The third-order valence-corrected chi connectivity index (χ3v) is 3.02. The fourth-order valence-electron chi connectivity index (χ4n) is 1.89. The molecule has 0 spiro atoms. The maximum atomic E-state index is 13.1. The molecule has 1 N–H and O–H groups in total. The minimum absolute atomic E-state index is 0.381. The van der Waals surface area contributed by atoms with Crippen LogP contribution in [0.15, 0.2) is 42.5 Å². The van der Waals surface area contributed by atoms with Crippen LogP contribution in [0.3, 0.4) is 0 Å². The molecule has 0 unspecified atom stereocenters. The van der Waals surface area contributed by atoms with Gasteiger partial charge in [-0.15, -0.1) is 0 Å². The van der Waals surface area contributed by atoms with Crippen LogP contribution in [0.2, 0.25) is 0 Å². The molecule has 0 aliphatic carbocycles. The Morgan fingerprint density at radius 1 is 1.00 bits per heavy atom. The summed E-state index contributed by atoms with van der Waals surface area (Å²) >= 11 is 0. The number of amides is 1. The van der Waals surface area contributed by atoms with E-state index in [0.29, 0.717) is 22.7 Å². The average Bonchev–Trinajstić information content (AvgIpc) is 2.55. The highest BCUT2D eigenvalue weighted by molar-refractivity contribution is 6.02. The summed E-state index contributed by atoms with van der Waals surface area (Å²) in [5.41, 5.74) is 0.897. The van der Waals surface area contributed by atoms with Crippen molar-refractivity contribution in [1.29, 1.82) is 0 Å². The number of hydrogen-bond acceptors (Lipinski definition) is 3. The molecule has 0 saturated heterocycles. The minimum Gasteiger partial charge on any atom is -0.493 e. The van der Waals surface area contributed by atoms with Crippen molar-refractivity contribution in [3.05, 3.63) is 59.7 Å². The topological polar surface area (TPSA) is 47.6 Å². The van der Waals surface area contributed by atoms with Gasteiger partial charge < -0.3 is 14.8 Å². The molecule has 2 aromatic carbocycles. The maximum absolute atomic E-state index is 13.1. The van der Waals surface area contributed by atoms with Gasteiger partial charge in [-0.2, -0.15) is 0 Å². The molecule has 23 heavy (non-hydrogen) atoms. The second-order valence-corrected chi connectivity index (χ2v) is 4.57. The summed E-state index contributed by atoms with van der Waals surface area (Å²) in [4.78, 5) is 11.9. The Morgan fingerprint density at radius 2 is 1.74 bits per heavy atom. The molecule has 0 saturated carbocycles. The summed E-state index contributed by atoms with van der Waals surface area (Å²) in [6.45, 7) is 0. The Hall–Kier alpha value is -2.89. The van der Waals surface area contributed by atoms with Crippen LogP contribution in [0.5, 0.6) is 11.5 Å². The van der Waals surface area contributed by atoms with Gasteiger partial charge in [0.05, 0.1) is 14.2 Å². The number of halogens is 2. The third kappa shape index (κ3) is 4.29. The van der Waals surface area contributed by atoms with Gasteiger partial charge in [0.1, 0.15) is 0 Å². The summed E-state index contributed by atoms with van der Waals surface area (Å²) in [6.07, 6.45) is 2.61. The highest BCUT2D eigenvalue weighted by Crippen LogP contribution is 2.29. The Bertz CT molecular complexity index is 745. The fraction of sp³-hybridized carbons (Fsp3) is 0.118. The van der Waals surface area contributed by atoms with Crippen molar-refractivity contribution in [3.63, 3.8) is 0 Å². The molecule has 0 bridgehead atoms. The number of carbonyl (C=O) groups excluding carboxylic acids is 1. The van der Waals surface area contributed by atoms with Crippen LogP contribution in [0.4, 0.5) is 14.5 Å². The number of carbonyl (C=O) groups is 1. The molecule has 0 heterocycles. The Kier molecular flexibility index (Phi) is 5.30. The monoisotopic (exact) mass is 319 g/mol. The first-order valence-electron chi connectivity index (χ1n) is 6.69. The van der Waals surface area contributed by atoms with Crippen LogP contribution in [-0.2, 0) is 4.79 Å². The molecule has 2 aromatic rings. The zero-order chi connectivity index (χ0) is 16.8. The van der Waals surface area contributed by atoms with Gasteiger partial charge in [-0.05, 0) is 35.9 Å². The van der Waals surface area contributed by atoms with E-state index in [9.17, 15) is 13.6 Å². The predicted octanol–water partition coefficient (Wildman–Crippen LogP) is 3.63. The van der Waals surface area contributed by atoms with E-state index in [2.05, 4.69) is 5.32 Å². The summed E-state index contributed by atoms with van der Waals surface area (Å²) in [6, 6.07) is 8.32. The smallest absolute Gasteiger partial charge is 0.248 e. The Balaban J connectivity index is 2.07. The van der Waals surface area contributed by atoms with E-state index in [0.717, 1.165) is 12.1 Å². The normalized spacial score (nSPS) is 10.6. The summed E-state index contributed by atoms with van der Waals surface area (Å²) in [5.74, 6) is -1.29. The van der Waals surface area contributed by atoms with Crippen molar-refractivity contribution in [3.8, 4) is 11.5 Å². The van der Waals surface area contributed by atoms with E-state index >= 15 is 0 Å². The quantitative estimate of drug-likeness (QED) is 0.856. The van der Waals surface area contributed by atoms with Crippen LogP contribution < -0.4 is 14.8 Å². The summed E-state index contributed by atoms with van der Waals surface area (Å²) < 4.78 is 36.1. The van der Waals surface area contributed by atoms with Crippen molar-refractivity contribution in [2.24, 2.45) is 0 Å². The molecule has 4 nitrogen and oxygen atoms in total. The molecule has 1 amide bonds. The highest BCUT2D eigenvalue weighted by atomic mass is 19.2. The van der Waals surface area contributed by atoms with Gasteiger partial charge in [-0.1, -0.05) is 6.07 Å². The number of methoxy groups -OCH3 is 2. The molecule has 0 radical (unpaired) electrons. The molecular weight excluding hydrogens is 304 g/mol. The predicted molar refractivity (Wildman–Crippen MR) is 83.6 cm³/mol. The molecule has 2 rings (SSSR count). The lowest BCUT2D eigenvalue weighted by molar-refractivity contribution is -0.111. The maximum Gasteiger partial charge on any atom is 0.248 e. The molecule has 6 heteroatoms. The summed E-state index contributed by atoms with van der Waals surface area (Å²) in [7, 11) is 3.01. The third-order valence-electron chi connectivity index (χ3n) is 3.02. The van der Waals surface area contributed by atoms with Crippen molar-refractivity contribution in [1.82, 2.24) is 0 Å². The molecule has 0 atom stereocenters. The number of rotatable bonds is 5. The first-order valence-corrected chi connectivity index (χ1v) is 6.69. The van der Waals surface area contributed by atoms with Gasteiger partial charge in [0.25, 0.3) is 0 Å². The first-order chi connectivity index (χ1) is 11.0. The number of anilines is 1. The van der Waals surface area contributed by atoms with Gasteiger partial charge in [-0.3, -0.25) is 4.79 Å². The van der Waals surface area contributed by atoms with Crippen molar-refractivity contribution in [2.45, 2.75) is 0 Å². The van der Waals surface area contributed by atoms with Gasteiger partial charge in [0, 0.05) is 17.8 Å². The largest absolute Gasteiger partial charge is 0.493 e. The Labute approximate surface area is 132 Å². The lowest BCUT2D eigenvalue weighted by Crippen LogP contribution is -2.08. The zero-order valence-corrected chi connectivity index (χ0v) is 12.6. The molecule has 0 aliphatic heterocycles. The van der Waals surface area contributed by atoms with E-state index < -0.39 is 17.5 Å². The second kappa shape index (κ2) is 7.40. The van der Waals surface area contributed by atoms with E-state index in [4.69, 9.17) is 9.47 Å². The van der Waals surface area contributed by atoms with Crippen molar-refractivity contribution in [2.75, 3.05) is 19.5 Å². The van der Waals surface area contributed by atoms with Crippen molar-refractivity contribution < 1.29 is 23.0 Å².